The first-order chi connectivity index (χ1) is 8.97. The molecule has 0 aliphatic carbocycles. The van der Waals surface area contributed by atoms with Gasteiger partial charge in [0.1, 0.15) is 11.4 Å². The summed E-state index contributed by atoms with van der Waals surface area (Å²) in [5.41, 5.74) is 0.778. The quantitative estimate of drug-likeness (QED) is 0.666. The molecule has 1 amide bonds. The third kappa shape index (κ3) is 2.71. The van der Waals surface area contributed by atoms with Gasteiger partial charge in [-0.3, -0.25) is 9.89 Å². The van der Waals surface area contributed by atoms with Crippen LogP contribution in [0.3, 0.4) is 0 Å². The van der Waals surface area contributed by atoms with E-state index in [0.717, 1.165) is 5.56 Å². The van der Waals surface area contributed by atoms with Crippen molar-refractivity contribution in [2.45, 2.75) is 6.92 Å². The summed E-state index contributed by atoms with van der Waals surface area (Å²) in [5.74, 6) is -1.82. The maximum atomic E-state index is 11.9. The molecule has 98 valence electrons. The molecule has 0 atom stereocenters. The van der Waals surface area contributed by atoms with Crippen LogP contribution in [0.4, 0.5) is 5.82 Å². The third-order valence-corrected chi connectivity index (χ3v) is 2.45. The van der Waals surface area contributed by atoms with Gasteiger partial charge in [-0.1, -0.05) is 11.6 Å². The summed E-state index contributed by atoms with van der Waals surface area (Å²) in [6.45, 7) is 1.79. The minimum absolute atomic E-state index is 0.0725. The summed E-state index contributed by atoms with van der Waals surface area (Å²) in [5, 5.41) is 26.6. The van der Waals surface area contributed by atoms with Crippen LogP contribution in [-0.2, 0) is 0 Å². The molecule has 1 aromatic heterocycles. The summed E-state index contributed by atoms with van der Waals surface area (Å²) >= 11 is 0. The lowest BCUT2D eigenvalue weighted by Gasteiger charge is -2.05. The number of carboxylic acids is 1. The molecule has 0 fully saturated rings. The summed E-state index contributed by atoms with van der Waals surface area (Å²) in [6, 6.07) is 5.79. The van der Waals surface area contributed by atoms with Crippen molar-refractivity contribution >= 4 is 17.7 Å². The third-order valence-electron chi connectivity index (χ3n) is 2.45. The molecular weight excluding hydrogens is 250 g/mol. The normalized spacial score (nSPS) is 10.2. The number of hydrogen-bond acceptors (Lipinski definition) is 4. The van der Waals surface area contributed by atoms with Crippen molar-refractivity contribution in [2.75, 3.05) is 5.32 Å². The van der Waals surface area contributed by atoms with Crippen LogP contribution in [0, 0.1) is 6.92 Å². The van der Waals surface area contributed by atoms with Gasteiger partial charge in [0.2, 0.25) is 0 Å². The molecule has 0 spiro atoms. The molecule has 0 aliphatic heterocycles. The topological polar surface area (TPSA) is 115 Å². The van der Waals surface area contributed by atoms with E-state index in [0.29, 0.717) is 0 Å². The molecule has 7 heteroatoms. The first-order valence-electron chi connectivity index (χ1n) is 5.37. The van der Waals surface area contributed by atoms with Crippen LogP contribution in [0.2, 0.25) is 0 Å². The Balaban J connectivity index is 2.20. The van der Waals surface area contributed by atoms with E-state index in [1.165, 1.54) is 18.2 Å². The number of aromatic carboxylic acids is 1. The van der Waals surface area contributed by atoms with E-state index in [-0.39, 0.29) is 22.8 Å². The van der Waals surface area contributed by atoms with E-state index in [1.807, 2.05) is 0 Å². The number of carbonyl (C=O) groups is 2. The zero-order valence-corrected chi connectivity index (χ0v) is 9.97. The summed E-state index contributed by atoms with van der Waals surface area (Å²) < 4.78 is 0. The predicted molar refractivity (Wildman–Crippen MR) is 66.3 cm³/mol. The average Bonchev–Trinajstić information content (AvgIpc) is 2.80. The minimum atomic E-state index is -1.17. The maximum absolute atomic E-state index is 11.9. The summed E-state index contributed by atoms with van der Waals surface area (Å²) in [7, 11) is 0. The number of carboxylic acid groups (broad SMARTS) is 1. The molecule has 0 saturated heterocycles. The molecule has 0 saturated carbocycles. The van der Waals surface area contributed by atoms with Gasteiger partial charge in [-0.25, -0.2) is 4.79 Å². The second-order valence-electron chi connectivity index (χ2n) is 3.95. The lowest BCUT2D eigenvalue weighted by atomic mass is 10.1. The highest BCUT2D eigenvalue weighted by Crippen LogP contribution is 2.19. The number of aromatic amines is 1. The van der Waals surface area contributed by atoms with Gasteiger partial charge in [-0.2, -0.15) is 5.10 Å². The van der Waals surface area contributed by atoms with Crippen LogP contribution < -0.4 is 5.32 Å². The fraction of sp³-hybridized carbons (Fsp3) is 0.0833. The second kappa shape index (κ2) is 4.81. The summed E-state index contributed by atoms with van der Waals surface area (Å²) in [4.78, 5) is 22.5. The van der Waals surface area contributed by atoms with Crippen LogP contribution in [0.1, 0.15) is 26.4 Å². The SMILES string of the molecule is Cc1ccc(O)c(C(=O)Nc2cc(C(=O)O)[nH]n2)c1. The Morgan fingerprint density at radius 2 is 2.05 bits per heavy atom. The van der Waals surface area contributed by atoms with Crippen LogP contribution in [0.15, 0.2) is 24.3 Å². The molecule has 2 aromatic rings. The number of H-pyrrole nitrogens is 1. The molecule has 1 heterocycles. The lowest BCUT2D eigenvalue weighted by molar-refractivity contribution is 0.0690. The van der Waals surface area contributed by atoms with Crippen molar-refractivity contribution in [2.24, 2.45) is 0 Å². The maximum Gasteiger partial charge on any atom is 0.353 e. The molecule has 0 unspecified atom stereocenters. The molecular formula is C12H11N3O4. The van der Waals surface area contributed by atoms with Crippen LogP contribution in [0.25, 0.3) is 0 Å². The van der Waals surface area contributed by atoms with Gasteiger partial charge in [0.05, 0.1) is 5.56 Å². The Labute approximate surface area is 107 Å². The number of aromatic nitrogens is 2. The number of nitrogens with zero attached hydrogens (tertiary/aromatic N) is 1. The van der Waals surface area contributed by atoms with E-state index in [9.17, 15) is 14.7 Å². The van der Waals surface area contributed by atoms with Crippen LogP contribution in [0.5, 0.6) is 5.75 Å². The van der Waals surface area contributed by atoms with Crippen LogP contribution >= 0.6 is 0 Å². The standard InChI is InChI=1S/C12H11N3O4/c1-6-2-3-9(16)7(4-6)11(17)13-10-5-8(12(18)19)14-15-10/h2-5,16H,1H3,(H,18,19)(H2,13,14,15,17). The number of phenols is 1. The van der Waals surface area contributed by atoms with Gasteiger partial charge in [-0.15, -0.1) is 0 Å². The van der Waals surface area contributed by atoms with Crippen molar-refractivity contribution in [3.8, 4) is 5.75 Å². The number of rotatable bonds is 3. The Kier molecular flexibility index (Phi) is 3.19. The van der Waals surface area contributed by atoms with Crippen LogP contribution in [-0.4, -0.2) is 32.3 Å². The molecule has 0 radical (unpaired) electrons. The molecule has 0 bridgehead atoms. The number of hydrogen-bond donors (Lipinski definition) is 4. The Morgan fingerprint density at radius 1 is 1.32 bits per heavy atom. The molecule has 4 N–H and O–H groups in total. The van der Waals surface area contributed by atoms with E-state index >= 15 is 0 Å². The first-order valence-corrected chi connectivity index (χ1v) is 5.37. The number of amides is 1. The highest BCUT2D eigenvalue weighted by Gasteiger charge is 2.14. The number of anilines is 1. The average molecular weight is 261 g/mol. The van der Waals surface area contributed by atoms with Gasteiger partial charge >= 0.3 is 5.97 Å². The van der Waals surface area contributed by atoms with E-state index in [4.69, 9.17) is 5.11 Å². The molecule has 2 rings (SSSR count). The zero-order chi connectivity index (χ0) is 14.0. The van der Waals surface area contributed by atoms with Gasteiger partial charge in [0.15, 0.2) is 5.82 Å². The van der Waals surface area contributed by atoms with Gasteiger partial charge < -0.3 is 15.5 Å². The van der Waals surface area contributed by atoms with Crippen molar-refractivity contribution in [1.82, 2.24) is 10.2 Å². The fourth-order valence-corrected chi connectivity index (χ4v) is 1.51. The molecule has 1 aromatic carbocycles. The minimum Gasteiger partial charge on any atom is -0.507 e. The predicted octanol–water partition coefficient (Wildman–Crippen LogP) is 1.37. The van der Waals surface area contributed by atoms with Crippen molar-refractivity contribution in [3.05, 3.63) is 41.1 Å². The van der Waals surface area contributed by atoms with Gasteiger partial charge in [0.25, 0.3) is 5.91 Å². The number of aromatic hydroxyl groups is 1. The monoisotopic (exact) mass is 261 g/mol. The Hall–Kier alpha value is -2.83. The Bertz CT molecular complexity index is 648. The van der Waals surface area contributed by atoms with Crippen molar-refractivity contribution in [3.63, 3.8) is 0 Å². The molecule has 0 aliphatic rings. The molecule has 7 nitrogen and oxygen atoms in total. The summed E-state index contributed by atoms with van der Waals surface area (Å²) in [6.07, 6.45) is 0. The second-order valence-corrected chi connectivity index (χ2v) is 3.95. The Morgan fingerprint density at radius 3 is 2.68 bits per heavy atom. The fourth-order valence-electron chi connectivity index (χ4n) is 1.51. The highest BCUT2D eigenvalue weighted by molar-refractivity contribution is 6.06. The number of aryl methyl sites for hydroxylation is 1. The largest absolute Gasteiger partial charge is 0.507 e. The van der Waals surface area contributed by atoms with Crippen molar-refractivity contribution in [1.29, 1.82) is 0 Å². The van der Waals surface area contributed by atoms with Gasteiger partial charge in [0, 0.05) is 6.07 Å². The highest BCUT2D eigenvalue weighted by atomic mass is 16.4. The van der Waals surface area contributed by atoms with E-state index in [1.54, 1.807) is 13.0 Å². The number of phenolic OH excluding ortho intramolecular Hbond substituents is 1. The van der Waals surface area contributed by atoms with E-state index in [2.05, 4.69) is 15.5 Å². The first kappa shape index (κ1) is 12.6. The van der Waals surface area contributed by atoms with E-state index < -0.39 is 11.9 Å². The number of carbonyl (C=O) groups excluding carboxylic acids is 1. The van der Waals surface area contributed by atoms with Crippen molar-refractivity contribution < 1.29 is 19.8 Å². The number of benzene rings is 1. The van der Waals surface area contributed by atoms with Gasteiger partial charge in [-0.05, 0) is 19.1 Å². The smallest absolute Gasteiger partial charge is 0.353 e. The molecule has 19 heavy (non-hydrogen) atoms. The zero-order valence-electron chi connectivity index (χ0n) is 9.97. The number of nitrogens with one attached hydrogen (secondary N) is 2. The lowest BCUT2D eigenvalue weighted by Crippen LogP contribution is -2.12.